The van der Waals surface area contributed by atoms with Gasteiger partial charge in [-0.1, -0.05) is 30.3 Å². The third-order valence-electron chi connectivity index (χ3n) is 4.68. The van der Waals surface area contributed by atoms with Gasteiger partial charge in [0.1, 0.15) is 5.75 Å². The highest BCUT2D eigenvalue weighted by molar-refractivity contribution is 5.44. The number of nitro groups is 1. The van der Waals surface area contributed by atoms with Gasteiger partial charge in [0, 0.05) is 30.8 Å². The molecular formula is C19H23N3O3. The lowest BCUT2D eigenvalue weighted by Crippen LogP contribution is -2.41. The first kappa shape index (κ1) is 17.4. The second-order valence-corrected chi connectivity index (χ2v) is 6.49. The molecule has 0 amide bonds. The third kappa shape index (κ3) is 4.78. The number of nitrogens with one attached hydrogen (secondary N) is 1. The lowest BCUT2D eigenvalue weighted by molar-refractivity contribution is -0.385. The van der Waals surface area contributed by atoms with Crippen molar-refractivity contribution >= 4 is 5.69 Å². The van der Waals surface area contributed by atoms with Gasteiger partial charge in [-0.3, -0.25) is 15.0 Å². The smallest absolute Gasteiger partial charge is 0.274 e. The van der Waals surface area contributed by atoms with Gasteiger partial charge in [-0.25, -0.2) is 0 Å². The topological polar surface area (TPSA) is 78.6 Å². The minimum Gasteiger partial charge on any atom is -0.508 e. The zero-order chi connectivity index (χ0) is 17.6. The van der Waals surface area contributed by atoms with Crippen LogP contribution in [0.15, 0.2) is 48.5 Å². The minimum absolute atomic E-state index is 0.0480. The Kier molecular flexibility index (Phi) is 5.63. The summed E-state index contributed by atoms with van der Waals surface area (Å²) in [6.07, 6.45) is 2.03. The number of phenols is 1. The zero-order valence-electron chi connectivity index (χ0n) is 14.1. The molecule has 25 heavy (non-hydrogen) atoms. The number of likely N-dealkylation sites (tertiary alicyclic amines) is 1. The molecule has 0 spiro atoms. The second-order valence-electron chi connectivity index (χ2n) is 6.49. The molecule has 0 aromatic heterocycles. The van der Waals surface area contributed by atoms with Crippen LogP contribution >= 0.6 is 0 Å². The van der Waals surface area contributed by atoms with Crippen molar-refractivity contribution in [2.24, 2.45) is 0 Å². The van der Waals surface area contributed by atoms with Crippen LogP contribution in [0.3, 0.4) is 0 Å². The van der Waals surface area contributed by atoms with Crippen molar-refractivity contribution in [2.45, 2.75) is 32.0 Å². The standard InChI is InChI=1S/C19H23N3O3/c23-18-6-7-19(22(24)25)16(12-18)13-20-17-8-10-21(11-9-17)14-15-4-2-1-3-5-15/h1-7,12,17,20,23H,8-11,13-14H2. The van der Waals surface area contributed by atoms with Gasteiger partial charge in [0.05, 0.1) is 4.92 Å². The summed E-state index contributed by atoms with van der Waals surface area (Å²) in [5.41, 5.74) is 1.90. The van der Waals surface area contributed by atoms with Crippen molar-refractivity contribution in [3.05, 3.63) is 69.8 Å². The predicted octanol–water partition coefficient (Wildman–Crippen LogP) is 3.05. The number of aromatic hydroxyl groups is 1. The Bertz CT molecular complexity index is 713. The maximum absolute atomic E-state index is 11.1. The predicted molar refractivity (Wildman–Crippen MR) is 96.3 cm³/mol. The number of nitro benzene ring substituents is 1. The van der Waals surface area contributed by atoms with Crippen LogP contribution in [0.2, 0.25) is 0 Å². The normalized spacial score (nSPS) is 16.0. The summed E-state index contributed by atoms with van der Waals surface area (Å²) in [5.74, 6) is 0.0556. The van der Waals surface area contributed by atoms with Crippen LogP contribution < -0.4 is 5.32 Å². The molecule has 132 valence electrons. The van der Waals surface area contributed by atoms with Gasteiger partial charge >= 0.3 is 0 Å². The molecule has 0 aliphatic carbocycles. The molecule has 1 aliphatic heterocycles. The van der Waals surface area contributed by atoms with Gasteiger partial charge in [0.25, 0.3) is 5.69 Å². The van der Waals surface area contributed by atoms with Gasteiger partial charge < -0.3 is 10.4 Å². The maximum Gasteiger partial charge on any atom is 0.274 e. The van der Waals surface area contributed by atoms with Crippen LogP contribution in [0, 0.1) is 10.1 Å². The van der Waals surface area contributed by atoms with Crippen molar-refractivity contribution in [3.63, 3.8) is 0 Å². The fourth-order valence-electron chi connectivity index (χ4n) is 3.28. The van der Waals surface area contributed by atoms with Gasteiger partial charge in [0.15, 0.2) is 0 Å². The summed E-state index contributed by atoms with van der Waals surface area (Å²) in [4.78, 5) is 13.1. The highest BCUT2D eigenvalue weighted by atomic mass is 16.6. The minimum atomic E-state index is -0.404. The van der Waals surface area contributed by atoms with E-state index in [4.69, 9.17) is 0 Å². The van der Waals surface area contributed by atoms with E-state index in [0.717, 1.165) is 32.5 Å². The number of rotatable bonds is 6. The summed E-state index contributed by atoms with van der Waals surface area (Å²) in [5, 5.41) is 24.1. The molecule has 0 atom stereocenters. The molecule has 0 bridgehead atoms. The molecule has 6 nitrogen and oxygen atoms in total. The van der Waals surface area contributed by atoms with Gasteiger partial charge in [0.2, 0.25) is 0 Å². The van der Waals surface area contributed by atoms with Gasteiger partial charge in [-0.2, -0.15) is 0 Å². The van der Waals surface area contributed by atoms with Gasteiger partial charge in [-0.05, 0) is 43.6 Å². The highest BCUT2D eigenvalue weighted by Crippen LogP contribution is 2.24. The van der Waals surface area contributed by atoms with E-state index in [2.05, 4.69) is 34.5 Å². The van der Waals surface area contributed by atoms with E-state index >= 15 is 0 Å². The molecule has 1 saturated heterocycles. The Morgan fingerprint density at radius 2 is 1.88 bits per heavy atom. The Morgan fingerprint density at radius 3 is 2.56 bits per heavy atom. The first-order valence-corrected chi connectivity index (χ1v) is 8.58. The number of hydrogen-bond acceptors (Lipinski definition) is 5. The fraction of sp³-hybridized carbons (Fsp3) is 0.368. The van der Waals surface area contributed by atoms with E-state index in [1.54, 1.807) is 0 Å². The van der Waals surface area contributed by atoms with E-state index in [-0.39, 0.29) is 11.4 Å². The third-order valence-corrected chi connectivity index (χ3v) is 4.68. The summed E-state index contributed by atoms with van der Waals surface area (Å²) >= 11 is 0. The summed E-state index contributed by atoms with van der Waals surface area (Å²) < 4.78 is 0. The molecule has 2 aromatic rings. The summed E-state index contributed by atoms with van der Waals surface area (Å²) in [6.45, 7) is 3.38. The molecule has 2 aromatic carbocycles. The molecule has 3 rings (SSSR count). The monoisotopic (exact) mass is 341 g/mol. The summed E-state index contributed by atoms with van der Waals surface area (Å²) in [6, 6.07) is 15.0. The maximum atomic E-state index is 11.1. The molecular weight excluding hydrogens is 318 g/mol. The lowest BCUT2D eigenvalue weighted by Gasteiger charge is -2.32. The van der Waals surface area contributed by atoms with Crippen molar-refractivity contribution in [1.82, 2.24) is 10.2 Å². The number of hydrogen-bond donors (Lipinski definition) is 2. The van der Waals surface area contributed by atoms with E-state index in [9.17, 15) is 15.2 Å². The average molecular weight is 341 g/mol. The number of phenolic OH excluding ortho intramolecular Hbond substituents is 1. The summed E-state index contributed by atoms with van der Waals surface area (Å²) in [7, 11) is 0. The van der Waals surface area contributed by atoms with Gasteiger partial charge in [-0.15, -0.1) is 0 Å². The Morgan fingerprint density at radius 1 is 1.16 bits per heavy atom. The molecule has 1 aliphatic rings. The van der Waals surface area contributed by atoms with Crippen molar-refractivity contribution in [1.29, 1.82) is 0 Å². The van der Waals surface area contributed by atoms with Crippen LogP contribution in [-0.2, 0) is 13.1 Å². The molecule has 1 fully saturated rings. The van der Waals surface area contributed by atoms with E-state index < -0.39 is 4.92 Å². The van der Waals surface area contributed by atoms with Crippen LogP contribution in [0.1, 0.15) is 24.0 Å². The number of benzene rings is 2. The second kappa shape index (κ2) is 8.09. The van der Waals surface area contributed by atoms with Crippen molar-refractivity contribution in [3.8, 4) is 5.75 Å². The van der Waals surface area contributed by atoms with E-state index in [1.807, 2.05) is 6.07 Å². The lowest BCUT2D eigenvalue weighted by atomic mass is 10.0. The Balaban J connectivity index is 1.50. The molecule has 2 N–H and O–H groups in total. The Hall–Kier alpha value is -2.44. The van der Waals surface area contributed by atoms with Crippen LogP contribution in [0.5, 0.6) is 5.75 Å². The Labute approximate surface area is 147 Å². The number of piperidine rings is 1. The molecule has 0 saturated carbocycles. The highest BCUT2D eigenvalue weighted by Gasteiger charge is 2.20. The first-order valence-electron chi connectivity index (χ1n) is 8.58. The van der Waals surface area contributed by atoms with E-state index in [0.29, 0.717) is 18.2 Å². The fourth-order valence-corrected chi connectivity index (χ4v) is 3.28. The van der Waals surface area contributed by atoms with Crippen LogP contribution in [-0.4, -0.2) is 34.1 Å². The van der Waals surface area contributed by atoms with Crippen molar-refractivity contribution in [2.75, 3.05) is 13.1 Å². The molecule has 1 heterocycles. The molecule has 0 radical (unpaired) electrons. The average Bonchev–Trinajstić information content (AvgIpc) is 2.62. The number of nitrogens with zero attached hydrogens (tertiary/aromatic N) is 2. The zero-order valence-corrected chi connectivity index (χ0v) is 14.1. The quantitative estimate of drug-likeness (QED) is 0.624. The van der Waals surface area contributed by atoms with Crippen LogP contribution in [0.25, 0.3) is 0 Å². The first-order chi connectivity index (χ1) is 12.1. The van der Waals surface area contributed by atoms with E-state index in [1.165, 1.54) is 23.8 Å². The molecule has 6 heteroatoms. The largest absolute Gasteiger partial charge is 0.508 e. The van der Waals surface area contributed by atoms with Crippen molar-refractivity contribution < 1.29 is 10.0 Å². The molecule has 0 unspecified atom stereocenters. The van der Waals surface area contributed by atoms with Crippen LogP contribution in [0.4, 0.5) is 5.69 Å². The SMILES string of the molecule is O=[N+]([O-])c1ccc(O)cc1CNC1CCN(Cc2ccccc2)CC1.